The summed E-state index contributed by atoms with van der Waals surface area (Å²) in [7, 11) is 0. The van der Waals surface area contributed by atoms with Gasteiger partial charge in [0.15, 0.2) is 0 Å². The molecular weight excluding hydrogens is 222 g/mol. The first-order chi connectivity index (χ1) is 7.68. The Bertz CT molecular complexity index is 250. The van der Waals surface area contributed by atoms with Crippen LogP contribution >= 0.6 is 11.6 Å². The van der Waals surface area contributed by atoms with Crippen molar-refractivity contribution in [2.75, 3.05) is 13.1 Å². The average molecular weight is 244 g/mol. The zero-order chi connectivity index (χ0) is 11.5. The van der Waals surface area contributed by atoms with Crippen molar-refractivity contribution in [1.82, 2.24) is 4.90 Å². The van der Waals surface area contributed by atoms with Crippen LogP contribution in [0.3, 0.4) is 0 Å². The molecule has 1 saturated heterocycles. The fourth-order valence-corrected chi connectivity index (χ4v) is 3.43. The van der Waals surface area contributed by atoms with Crippen molar-refractivity contribution in [1.29, 1.82) is 0 Å². The van der Waals surface area contributed by atoms with Gasteiger partial charge in [-0.15, -0.1) is 11.6 Å². The molecule has 3 heteroatoms. The number of halogens is 1. The fourth-order valence-electron chi connectivity index (χ4n) is 3.06. The Balaban J connectivity index is 1.89. The first kappa shape index (κ1) is 12.2. The number of hydrogen-bond acceptors (Lipinski definition) is 1. The molecule has 1 aliphatic heterocycles. The van der Waals surface area contributed by atoms with Crippen molar-refractivity contribution in [3.8, 4) is 0 Å². The van der Waals surface area contributed by atoms with E-state index in [-0.39, 0.29) is 11.3 Å². The Labute approximate surface area is 103 Å². The van der Waals surface area contributed by atoms with Gasteiger partial charge >= 0.3 is 0 Å². The molecule has 2 nitrogen and oxygen atoms in total. The fraction of sp³-hybridized carbons (Fsp3) is 0.923. The summed E-state index contributed by atoms with van der Waals surface area (Å²) >= 11 is 6.36. The topological polar surface area (TPSA) is 20.3 Å². The zero-order valence-electron chi connectivity index (χ0n) is 10.1. The van der Waals surface area contributed by atoms with E-state index in [0.717, 1.165) is 44.7 Å². The molecule has 0 aromatic carbocycles. The zero-order valence-corrected chi connectivity index (χ0v) is 10.9. The van der Waals surface area contributed by atoms with Crippen LogP contribution in [0.15, 0.2) is 0 Å². The van der Waals surface area contributed by atoms with Crippen molar-refractivity contribution >= 4 is 17.5 Å². The Hall–Kier alpha value is -0.240. The molecule has 2 fully saturated rings. The summed E-state index contributed by atoms with van der Waals surface area (Å²) in [6.07, 6.45) is 7.11. The molecule has 0 N–H and O–H groups in total. The largest absolute Gasteiger partial charge is 0.341 e. The van der Waals surface area contributed by atoms with E-state index >= 15 is 0 Å². The molecule has 16 heavy (non-hydrogen) atoms. The van der Waals surface area contributed by atoms with Gasteiger partial charge in [0.2, 0.25) is 5.91 Å². The molecule has 0 spiro atoms. The highest BCUT2D eigenvalue weighted by Crippen LogP contribution is 2.33. The van der Waals surface area contributed by atoms with Crippen LogP contribution in [0.1, 0.15) is 45.4 Å². The maximum absolute atomic E-state index is 12.1. The summed E-state index contributed by atoms with van der Waals surface area (Å²) < 4.78 is 0. The number of hydrogen-bond donors (Lipinski definition) is 0. The van der Waals surface area contributed by atoms with Gasteiger partial charge in [-0.25, -0.2) is 0 Å². The minimum Gasteiger partial charge on any atom is -0.341 e. The van der Waals surface area contributed by atoms with Crippen LogP contribution in [0.5, 0.6) is 0 Å². The molecule has 1 heterocycles. The molecule has 0 aromatic rings. The Morgan fingerprint density at radius 2 is 1.94 bits per heavy atom. The van der Waals surface area contributed by atoms with Gasteiger partial charge in [-0.1, -0.05) is 19.8 Å². The summed E-state index contributed by atoms with van der Waals surface area (Å²) in [4.78, 5) is 14.1. The lowest BCUT2D eigenvalue weighted by Gasteiger charge is -2.31. The summed E-state index contributed by atoms with van der Waals surface area (Å²) in [5.74, 6) is 1.35. The minimum absolute atomic E-state index is 0.193. The summed E-state index contributed by atoms with van der Waals surface area (Å²) in [5, 5.41) is -0.263. The van der Waals surface area contributed by atoms with Gasteiger partial charge in [0.1, 0.15) is 5.38 Å². The van der Waals surface area contributed by atoms with Gasteiger partial charge in [0.25, 0.3) is 0 Å². The first-order valence-electron chi connectivity index (χ1n) is 6.61. The van der Waals surface area contributed by atoms with Crippen LogP contribution in [-0.2, 0) is 4.79 Å². The van der Waals surface area contributed by atoms with E-state index < -0.39 is 0 Å². The molecular formula is C13H22ClNO. The van der Waals surface area contributed by atoms with Crippen molar-refractivity contribution in [3.05, 3.63) is 0 Å². The minimum atomic E-state index is -0.263. The third-order valence-corrected chi connectivity index (χ3v) is 4.59. The Morgan fingerprint density at radius 3 is 2.56 bits per heavy atom. The first-order valence-corrected chi connectivity index (χ1v) is 7.05. The smallest absolute Gasteiger partial charge is 0.240 e. The van der Waals surface area contributed by atoms with Crippen LogP contribution in [0.4, 0.5) is 0 Å². The highest BCUT2D eigenvalue weighted by Gasteiger charge is 2.33. The second kappa shape index (κ2) is 5.39. The second-order valence-corrected chi connectivity index (χ2v) is 5.94. The Morgan fingerprint density at radius 1 is 1.25 bits per heavy atom. The van der Waals surface area contributed by atoms with Gasteiger partial charge in [-0.05, 0) is 37.5 Å². The van der Waals surface area contributed by atoms with Gasteiger partial charge < -0.3 is 4.90 Å². The summed E-state index contributed by atoms with van der Waals surface area (Å²) in [6, 6.07) is 0. The van der Waals surface area contributed by atoms with Crippen LogP contribution in [0.2, 0.25) is 0 Å². The van der Waals surface area contributed by atoms with Crippen molar-refractivity contribution in [2.24, 2.45) is 11.8 Å². The van der Waals surface area contributed by atoms with Crippen molar-refractivity contribution < 1.29 is 4.79 Å². The predicted molar refractivity (Wildman–Crippen MR) is 66.6 cm³/mol. The number of alkyl halides is 1. The van der Waals surface area contributed by atoms with Gasteiger partial charge in [0.05, 0.1) is 0 Å². The molecule has 1 amide bonds. The van der Waals surface area contributed by atoms with E-state index in [2.05, 4.69) is 6.92 Å². The van der Waals surface area contributed by atoms with E-state index in [1.54, 1.807) is 0 Å². The van der Waals surface area contributed by atoms with Crippen LogP contribution < -0.4 is 0 Å². The van der Waals surface area contributed by atoms with E-state index in [4.69, 9.17) is 11.6 Å². The molecule has 3 unspecified atom stereocenters. The predicted octanol–water partition coefficient (Wildman–Crippen LogP) is 3.04. The second-order valence-electron chi connectivity index (χ2n) is 5.47. The molecule has 92 valence electrons. The summed E-state index contributed by atoms with van der Waals surface area (Å²) in [5.41, 5.74) is 0. The van der Waals surface area contributed by atoms with Gasteiger partial charge in [0, 0.05) is 13.1 Å². The molecule has 2 aliphatic rings. The van der Waals surface area contributed by atoms with Gasteiger partial charge in [-0.2, -0.15) is 0 Å². The molecule has 3 atom stereocenters. The molecule has 2 rings (SSSR count). The SMILES string of the molecule is CC1CCCC(C(Cl)C(=O)N2CCCC2)C1. The van der Waals surface area contributed by atoms with E-state index in [1.807, 2.05) is 4.90 Å². The number of amides is 1. The van der Waals surface area contributed by atoms with Crippen molar-refractivity contribution in [3.63, 3.8) is 0 Å². The number of carbonyl (C=O) groups excluding carboxylic acids is 1. The molecule has 0 radical (unpaired) electrons. The van der Waals surface area contributed by atoms with Gasteiger partial charge in [-0.3, -0.25) is 4.79 Å². The molecule has 1 saturated carbocycles. The highest BCUT2D eigenvalue weighted by molar-refractivity contribution is 6.30. The number of rotatable bonds is 2. The lowest BCUT2D eigenvalue weighted by Crippen LogP contribution is -2.39. The molecule has 1 aliphatic carbocycles. The van der Waals surface area contributed by atoms with Crippen LogP contribution in [-0.4, -0.2) is 29.3 Å². The van der Waals surface area contributed by atoms with E-state index in [9.17, 15) is 4.79 Å². The maximum atomic E-state index is 12.1. The lowest BCUT2D eigenvalue weighted by atomic mass is 9.80. The van der Waals surface area contributed by atoms with Crippen molar-refractivity contribution in [2.45, 2.75) is 50.8 Å². The lowest BCUT2D eigenvalue weighted by molar-refractivity contribution is -0.131. The highest BCUT2D eigenvalue weighted by atomic mass is 35.5. The quantitative estimate of drug-likeness (QED) is 0.683. The molecule has 0 bridgehead atoms. The normalized spacial score (nSPS) is 32.8. The number of nitrogens with zero attached hydrogens (tertiary/aromatic N) is 1. The third-order valence-electron chi connectivity index (χ3n) is 4.04. The number of likely N-dealkylation sites (tertiary alicyclic amines) is 1. The molecule has 0 aromatic heterocycles. The summed E-state index contributed by atoms with van der Waals surface area (Å²) in [6.45, 7) is 4.12. The number of carbonyl (C=O) groups is 1. The Kier molecular flexibility index (Phi) is 4.12. The van der Waals surface area contributed by atoms with E-state index in [0.29, 0.717) is 5.92 Å². The average Bonchev–Trinajstić information content (AvgIpc) is 2.80. The third kappa shape index (κ3) is 2.71. The maximum Gasteiger partial charge on any atom is 0.240 e. The van der Waals surface area contributed by atoms with Crippen LogP contribution in [0.25, 0.3) is 0 Å². The van der Waals surface area contributed by atoms with Crippen LogP contribution in [0, 0.1) is 11.8 Å². The monoisotopic (exact) mass is 243 g/mol. The standard InChI is InChI=1S/C13H22ClNO/c1-10-5-4-6-11(9-10)12(14)13(16)15-7-2-3-8-15/h10-12H,2-9H2,1H3. The van der Waals surface area contributed by atoms with E-state index in [1.165, 1.54) is 12.8 Å².